The number of benzene rings is 2. The third-order valence-electron chi connectivity index (χ3n) is 6.33. The van der Waals surface area contributed by atoms with Gasteiger partial charge < -0.3 is 19.5 Å². The van der Waals surface area contributed by atoms with Crippen LogP contribution in [0.3, 0.4) is 0 Å². The van der Waals surface area contributed by atoms with Crippen LogP contribution in [-0.2, 0) is 6.42 Å². The molecule has 34 heavy (non-hydrogen) atoms. The lowest BCUT2D eigenvalue weighted by molar-refractivity contribution is 0.211. The largest absolute Gasteiger partial charge is 0.497 e. The third-order valence-corrected chi connectivity index (χ3v) is 7.41. The highest BCUT2D eigenvalue weighted by atomic mass is 32.1. The molecule has 3 heterocycles. The Kier molecular flexibility index (Phi) is 6.30. The van der Waals surface area contributed by atoms with Gasteiger partial charge in [0, 0.05) is 38.3 Å². The number of aromatic nitrogens is 3. The molecule has 1 atom stereocenters. The van der Waals surface area contributed by atoms with E-state index in [9.17, 15) is 5.11 Å². The average Bonchev–Trinajstić information content (AvgIpc) is 3.43. The summed E-state index contributed by atoms with van der Waals surface area (Å²) < 4.78 is 12.4. The van der Waals surface area contributed by atoms with Gasteiger partial charge in [-0.25, -0.2) is 4.98 Å². The summed E-state index contributed by atoms with van der Waals surface area (Å²) in [6.45, 7) is 5.48. The smallest absolute Gasteiger partial charge is 0.230 e. The summed E-state index contributed by atoms with van der Waals surface area (Å²) in [6.07, 6.45) is 0.732. The molecule has 2 aromatic heterocycles. The van der Waals surface area contributed by atoms with E-state index in [4.69, 9.17) is 9.47 Å². The van der Waals surface area contributed by atoms with Crippen molar-refractivity contribution in [3.05, 3.63) is 64.8 Å². The van der Waals surface area contributed by atoms with Crippen LogP contribution in [0.15, 0.2) is 48.5 Å². The lowest BCUT2D eigenvalue weighted by Gasteiger charge is -2.40. The zero-order valence-electron chi connectivity index (χ0n) is 19.6. The first-order chi connectivity index (χ1) is 16.6. The van der Waals surface area contributed by atoms with E-state index in [0.29, 0.717) is 4.96 Å². The molecule has 0 bridgehead atoms. The molecular formula is C25H29N5O3S. The Balaban J connectivity index is 1.45. The molecule has 0 radical (unpaired) electrons. The van der Waals surface area contributed by atoms with Crippen LogP contribution in [0.2, 0.25) is 0 Å². The van der Waals surface area contributed by atoms with Crippen LogP contribution >= 0.6 is 11.3 Å². The fourth-order valence-corrected chi connectivity index (χ4v) is 5.63. The van der Waals surface area contributed by atoms with E-state index in [1.165, 1.54) is 17.0 Å². The van der Waals surface area contributed by atoms with Gasteiger partial charge in [-0.05, 0) is 42.0 Å². The predicted octanol–water partition coefficient (Wildman–Crippen LogP) is 3.99. The number of hydrogen-bond acceptors (Lipinski definition) is 8. The fourth-order valence-electron chi connectivity index (χ4n) is 4.49. The molecule has 0 saturated carbocycles. The van der Waals surface area contributed by atoms with Crippen molar-refractivity contribution in [1.82, 2.24) is 19.5 Å². The van der Waals surface area contributed by atoms with Gasteiger partial charge in [0.2, 0.25) is 10.8 Å². The number of ether oxygens (including phenoxy) is 2. The minimum atomic E-state index is -0.119. The van der Waals surface area contributed by atoms with Crippen molar-refractivity contribution in [2.45, 2.75) is 19.4 Å². The molecule has 1 N–H and O–H groups in total. The van der Waals surface area contributed by atoms with Crippen molar-refractivity contribution in [2.24, 2.45) is 0 Å². The lowest BCUT2D eigenvalue weighted by atomic mass is 10.0. The van der Waals surface area contributed by atoms with Gasteiger partial charge >= 0.3 is 0 Å². The number of aromatic hydroxyl groups is 1. The van der Waals surface area contributed by atoms with Gasteiger partial charge in [0.05, 0.1) is 25.1 Å². The number of piperazine rings is 1. The Hall–Kier alpha value is -3.30. The van der Waals surface area contributed by atoms with E-state index in [2.05, 4.69) is 38.1 Å². The fraction of sp³-hybridized carbons (Fsp3) is 0.360. The molecule has 2 aromatic carbocycles. The van der Waals surface area contributed by atoms with Crippen LogP contribution in [0.1, 0.15) is 29.2 Å². The third kappa shape index (κ3) is 4.17. The van der Waals surface area contributed by atoms with Crippen LogP contribution < -0.4 is 14.4 Å². The standard InChI is InChI=1S/C25H29N5O3S/c1-4-21-26-25-30(27-21)24(31)23(34-25)22(17-6-5-7-20(16-17)33-3)29-14-12-28(13-15-29)18-8-10-19(32-2)11-9-18/h5-11,16,22,31H,4,12-15H2,1-3H3. The molecule has 0 spiro atoms. The van der Waals surface area contributed by atoms with Crippen LogP contribution in [0.4, 0.5) is 5.69 Å². The summed E-state index contributed by atoms with van der Waals surface area (Å²) in [5.41, 5.74) is 2.26. The van der Waals surface area contributed by atoms with E-state index < -0.39 is 0 Å². The van der Waals surface area contributed by atoms with Crippen LogP contribution in [-0.4, -0.2) is 65.0 Å². The summed E-state index contributed by atoms with van der Waals surface area (Å²) in [5.74, 6) is 2.56. The van der Waals surface area contributed by atoms with E-state index in [0.717, 1.165) is 60.4 Å². The molecule has 1 fully saturated rings. The Morgan fingerprint density at radius 1 is 1.00 bits per heavy atom. The van der Waals surface area contributed by atoms with Gasteiger partial charge in [0.15, 0.2) is 5.82 Å². The highest BCUT2D eigenvalue weighted by Gasteiger charge is 2.32. The molecule has 5 rings (SSSR count). The van der Waals surface area contributed by atoms with Gasteiger partial charge in [-0.1, -0.05) is 30.4 Å². The van der Waals surface area contributed by atoms with E-state index >= 15 is 0 Å². The minimum absolute atomic E-state index is 0.119. The molecule has 0 aliphatic carbocycles. The maximum atomic E-state index is 11.2. The molecule has 1 saturated heterocycles. The Morgan fingerprint density at radius 3 is 2.38 bits per heavy atom. The van der Waals surface area contributed by atoms with E-state index in [1.807, 2.05) is 37.3 Å². The summed E-state index contributed by atoms with van der Waals surface area (Å²) in [4.78, 5) is 11.0. The lowest BCUT2D eigenvalue weighted by Crippen LogP contribution is -2.47. The maximum absolute atomic E-state index is 11.2. The highest BCUT2D eigenvalue weighted by Crippen LogP contribution is 2.41. The second-order valence-electron chi connectivity index (χ2n) is 8.27. The maximum Gasteiger partial charge on any atom is 0.230 e. The number of nitrogens with zero attached hydrogens (tertiary/aromatic N) is 5. The molecule has 178 valence electrons. The molecule has 8 nitrogen and oxygen atoms in total. The number of methoxy groups -OCH3 is 2. The Morgan fingerprint density at radius 2 is 1.74 bits per heavy atom. The zero-order valence-corrected chi connectivity index (χ0v) is 20.5. The van der Waals surface area contributed by atoms with Gasteiger partial charge in [0.25, 0.3) is 0 Å². The molecule has 1 aliphatic rings. The molecule has 0 amide bonds. The summed E-state index contributed by atoms with van der Waals surface area (Å²) in [5, 5.41) is 15.6. The molecule has 1 aliphatic heterocycles. The normalized spacial score (nSPS) is 15.6. The second-order valence-corrected chi connectivity index (χ2v) is 9.28. The molecule has 1 unspecified atom stereocenters. The van der Waals surface area contributed by atoms with Crippen molar-refractivity contribution in [1.29, 1.82) is 0 Å². The first-order valence-corrected chi connectivity index (χ1v) is 12.3. The second kappa shape index (κ2) is 9.52. The summed E-state index contributed by atoms with van der Waals surface area (Å²) in [6, 6.07) is 16.2. The monoisotopic (exact) mass is 479 g/mol. The SMILES string of the molecule is CCc1nc2sc(C(c3cccc(OC)c3)N3CCN(c4ccc(OC)cc4)CC3)c(O)n2n1. The van der Waals surface area contributed by atoms with E-state index in [1.54, 1.807) is 18.7 Å². The van der Waals surface area contributed by atoms with Crippen LogP contribution in [0.25, 0.3) is 4.96 Å². The topological polar surface area (TPSA) is 75.4 Å². The highest BCUT2D eigenvalue weighted by molar-refractivity contribution is 7.17. The average molecular weight is 480 g/mol. The number of anilines is 1. The van der Waals surface area contributed by atoms with Crippen molar-refractivity contribution in [3.8, 4) is 17.4 Å². The number of rotatable bonds is 7. The molecule has 9 heteroatoms. The van der Waals surface area contributed by atoms with E-state index in [-0.39, 0.29) is 11.9 Å². The first-order valence-electron chi connectivity index (χ1n) is 11.5. The minimum Gasteiger partial charge on any atom is -0.497 e. The van der Waals surface area contributed by atoms with Gasteiger partial charge in [-0.2, -0.15) is 4.52 Å². The van der Waals surface area contributed by atoms with Crippen LogP contribution in [0, 0.1) is 0 Å². The molecule has 4 aromatic rings. The molecular weight excluding hydrogens is 450 g/mol. The number of thiazole rings is 1. The Labute approximate surface area is 203 Å². The van der Waals surface area contributed by atoms with Crippen molar-refractivity contribution < 1.29 is 14.6 Å². The Bertz CT molecular complexity index is 1260. The van der Waals surface area contributed by atoms with Crippen LogP contribution in [0.5, 0.6) is 17.4 Å². The van der Waals surface area contributed by atoms with Gasteiger partial charge in [-0.15, -0.1) is 5.10 Å². The first kappa shape index (κ1) is 22.5. The summed E-state index contributed by atoms with van der Waals surface area (Å²) >= 11 is 1.50. The number of hydrogen-bond donors (Lipinski definition) is 1. The van der Waals surface area contributed by atoms with Gasteiger partial charge in [0.1, 0.15) is 11.5 Å². The van der Waals surface area contributed by atoms with Crippen molar-refractivity contribution in [3.63, 3.8) is 0 Å². The predicted molar refractivity (Wildman–Crippen MR) is 134 cm³/mol. The number of fused-ring (bicyclic) bond motifs is 1. The van der Waals surface area contributed by atoms with Gasteiger partial charge in [-0.3, -0.25) is 4.90 Å². The quantitative estimate of drug-likeness (QED) is 0.430. The number of aryl methyl sites for hydroxylation is 1. The zero-order chi connectivity index (χ0) is 23.7. The van der Waals surface area contributed by atoms with Crippen molar-refractivity contribution in [2.75, 3.05) is 45.3 Å². The summed E-state index contributed by atoms with van der Waals surface area (Å²) in [7, 11) is 3.36. The van der Waals surface area contributed by atoms with Crippen molar-refractivity contribution >= 4 is 22.0 Å².